The van der Waals surface area contributed by atoms with Crippen LogP contribution in [0.2, 0.25) is 0 Å². The topological polar surface area (TPSA) is 143 Å². The number of carbonyl (C=O) groups is 3. The van der Waals surface area contributed by atoms with Gasteiger partial charge in [-0.05, 0) is 12.1 Å². The SMILES string of the molecule is O=C([O-])CN1CCN(CC(=O)[O-])Cc2cccc(n2)CN(CC(=O)[O-])CC1.[Gd+3]. The number of aromatic nitrogens is 1. The van der Waals surface area contributed by atoms with Gasteiger partial charge < -0.3 is 29.7 Å². The van der Waals surface area contributed by atoms with E-state index in [0.29, 0.717) is 11.4 Å². The van der Waals surface area contributed by atoms with Gasteiger partial charge in [0.25, 0.3) is 0 Å². The first-order valence-corrected chi connectivity index (χ1v) is 8.53. The Morgan fingerprint density at radius 1 is 0.750 bits per heavy atom. The van der Waals surface area contributed by atoms with Crippen molar-refractivity contribution in [3.63, 3.8) is 0 Å². The number of rotatable bonds is 6. The maximum absolute atomic E-state index is 11.0. The Morgan fingerprint density at radius 3 is 1.50 bits per heavy atom. The molecule has 2 rings (SSSR count). The first-order chi connectivity index (χ1) is 12.8. The van der Waals surface area contributed by atoms with Crippen molar-refractivity contribution in [1.82, 2.24) is 19.7 Å². The summed E-state index contributed by atoms with van der Waals surface area (Å²) in [7, 11) is 0. The number of hydrogen-bond acceptors (Lipinski definition) is 10. The number of carboxylic acid groups (broad SMARTS) is 3. The zero-order valence-corrected chi connectivity index (χ0v) is 17.5. The van der Waals surface area contributed by atoms with E-state index in [9.17, 15) is 29.7 Å². The van der Waals surface area contributed by atoms with Gasteiger partial charge in [-0.3, -0.25) is 19.7 Å². The molecular weight excluding hydrogens is 513 g/mol. The third-order valence-electron chi connectivity index (χ3n) is 4.16. The van der Waals surface area contributed by atoms with Gasteiger partial charge in [0, 0.05) is 58.9 Å². The second kappa shape index (κ2) is 12.4. The predicted octanol–water partition coefficient (Wildman–Crippen LogP) is -4.75. The standard InChI is InChI=1S/C17H24N4O6.Gd/c22-15(23)10-19-4-6-20(11-16(24)25)8-13-2-1-3-14(18-13)9-21(7-5-19)12-17(26)27;/h1-3H,4-12H2,(H,22,23)(H,24,25)(H,26,27);/q;+3/p-3. The summed E-state index contributed by atoms with van der Waals surface area (Å²) in [5, 5.41) is 33.0. The van der Waals surface area contributed by atoms with E-state index >= 15 is 0 Å². The average molecular weight is 535 g/mol. The predicted molar refractivity (Wildman–Crippen MR) is 86.3 cm³/mol. The van der Waals surface area contributed by atoms with Crippen molar-refractivity contribution in [1.29, 1.82) is 0 Å². The molecular formula is C17H21GdN4O6. The van der Waals surface area contributed by atoms with Gasteiger partial charge in [-0.2, -0.15) is 0 Å². The number of nitrogens with zero attached hydrogens (tertiary/aromatic N) is 4. The molecule has 0 amide bonds. The van der Waals surface area contributed by atoms with Crippen molar-refractivity contribution in [2.75, 3.05) is 45.8 Å². The smallest absolute Gasteiger partial charge is 0.549 e. The first kappa shape index (κ1) is 24.8. The molecule has 0 N–H and O–H groups in total. The van der Waals surface area contributed by atoms with E-state index in [0.717, 1.165) is 0 Å². The summed E-state index contributed by atoms with van der Waals surface area (Å²) < 4.78 is 0. The molecule has 1 aromatic heterocycles. The van der Waals surface area contributed by atoms with Gasteiger partial charge in [-0.15, -0.1) is 0 Å². The molecule has 2 heterocycles. The molecule has 0 aromatic carbocycles. The van der Waals surface area contributed by atoms with Crippen molar-refractivity contribution in [3.8, 4) is 0 Å². The van der Waals surface area contributed by atoms with Crippen molar-refractivity contribution >= 4 is 17.9 Å². The van der Waals surface area contributed by atoms with Crippen LogP contribution in [-0.2, 0) is 27.5 Å². The fourth-order valence-corrected chi connectivity index (χ4v) is 2.97. The summed E-state index contributed by atoms with van der Waals surface area (Å²) in [6.45, 7) is 0.691. The van der Waals surface area contributed by atoms with Gasteiger partial charge in [-0.25, -0.2) is 0 Å². The summed E-state index contributed by atoms with van der Waals surface area (Å²) in [6.07, 6.45) is 0. The summed E-state index contributed by atoms with van der Waals surface area (Å²) in [5.41, 5.74) is 1.27. The molecule has 153 valence electrons. The molecule has 0 aliphatic carbocycles. The Bertz CT molecular complexity index is 644. The minimum atomic E-state index is -1.26. The second-order valence-electron chi connectivity index (χ2n) is 6.43. The molecule has 11 heteroatoms. The largest absolute Gasteiger partial charge is 3.00 e. The van der Waals surface area contributed by atoms with E-state index in [2.05, 4.69) is 4.98 Å². The van der Waals surface area contributed by atoms with Crippen LogP contribution in [0, 0.1) is 39.9 Å². The summed E-state index contributed by atoms with van der Waals surface area (Å²) in [6, 6.07) is 5.28. The Labute approximate surface area is 194 Å². The maximum atomic E-state index is 11.0. The number of hydrogen-bond donors (Lipinski definition) is 0. The summed E-state index contributed by atoms with van der Waals surface area (Å²) >= 11 is 0. The number of pyridine rings is 1. The van der Waals surface area contributed by atoms with Gasteiger partial charge >= 0.3 is 39.9 Å². The molecule has 0 unspecified atom stereocenters. The third-order valence-corrected chi connectivity index (χ3v) is 4.16. The molecule has 10 nitrogen and oxygen atoms in total. The van der Waals surface area contributed by atoms with Crippen molar-refractivity contribution < 1.29 is 69.6 Å². The molecule has 1 radical (unpaired) electrons. The fraction of sp³-hybridized carbons (Fsp3) is 0.529. The monoisotopic (exact) mass is 535 g/mol. The van der Waals surface area contributed by atoms with Gasteiger partial charge in [0.1, 0.15) is 0 Å². The number of fused-ring (bicyclic) bond motifs is 2. The maximum Gasteiger partial charge on any atom is 3.00 e. The van der Waals surface area contributed by atoms with Crippen molar-refractivity contribution in [2.24, 2.45) is 0 Å². The van der Waals surface area contributed by atoms with Gasteiger partial charge in [-0.1, -0.05) is 6.07 Å². The van der Waals surface area contributed by atoms with Crippen LogP contribution in [0.4, 0.5) is 0 Å². The van der Waals surface area contributed by atoms with E-state index < -0.39 is 17.9 Å². The molecule has 1 aliphatic heterocycles. The number of aliphatic carboxylic acids is 3. The van der Waals surface area contributed by atoms with Crippen LogP contribution in [0.5, 0.6) is 0 Å². The second-order valence-corrected chi connectivity index (χ2v) is 6.43. The van der Waals surface area contributed by atoms with Crippen LogP contribution in [-0.4, -0.2) is 83.4 Å². The molecule has 1 aliphatic rings. The first-order valence-electron chi connectivity index (χ1n) is 8.53. The quantitative estimate of drug-likeness (QED) is 0.349. The Kier molecular flexibility index (Phi) is 10.9. The van der Waals surface area contributed by atoms with E-state index in [1.54, 1.807) is 32.9 Å². The molecule has 0 fully saturated rings. The molecule has 0 saturated heterocycles. The molecule has 28 heavy (non-hydrogen) atoms. The normalized spacial score (nSPS) is 17.0. The van der Waals surface area contributed by atoms with Crippen molar-refractivity contribution in [3.05, 3.63) is 29.6 Å². The molecule has 0 atom stereocenters. The van der Waals surface area contributed by atoms with Crippen LogP contribution in [0.15, 0.2) is 18.2 Å². The molecule has 1 aromatic rings. The van der Waals surface area contributed by atoms with Gasteiger partial charge in [0.05, 0.1) is 29.3 Å². The van der Waals surface area contributed by atoms with Crippen molar-refractivity contribution in [2.45, 2.75) is 13.1 Å². The zero-order valence-electron chi connectivity index (χ0n) is 15.2. The molecule has 0 saturated carbocycles. The van der Waals surface area contributed by atoms with E-state index in [-0.39, 0.29) is 98.8 Å². The Balaban J connectivity index is 0.00000392. The van der Waals surface area contributed by atoms with Crippen LogP contribution in [0.25, 0.3) is 0 Å². The van der Waals surface area contributed by atoms with E-state index in [4.69, 9.17) is 0 Å². The Morgan fingerprint density at radius 2 is 1.11 bits per heavy atom. The minimum Gasteiger partial charge on any atom is -0.549 e. The van der Waals surface area contributed by atoms with Crippen LogP contribution in [0.1, 0.15) is 11.4 Å². The van der Waals surface area contributed by atoms with Crippen LogP contribution in [0.3, 0.4) is 0 Å². The van der Waals surface area contributed by atoms with E-state index in [1.165, 1.54) is 0 Å². The van der Waals surface area contributed by atoms with Gasteiger partial charge in [0.2, 0.25) is 0 Å². The molecule has 2 bridgehead atoms. The van der Waals surface area contributed by atoms with Crippen LogP contribution >= 0.6 is 0 Å². The number of carboxylic acids is 3. The molecule has 0 spiro atoms. The summed E-state index contributed by atoms with van der Waals surface area (Å²) in [5.74, 6) is -3.72. The zero-order chi connectivity index (χ0) is 19.8. The van der Waals surface area contributed by atoms with E-state index in [1.807, 2.05) is 0 Å². The fourth-order valence-electron chi connectivity index (χ4n) is 2.97. The van der Waals surface area contributed by atoms with Crippen LogP contribution < -0.4 is 15.3 Å². The number of carbonyl (C=O) groups excluding carboxylic acids is 3. The van der Waals surface area contributed by atoms with Gasteiger partial charge in [0.15, 0.2) is 0 Å². The summed E-state index contributed by atoms with van der Waals surface area (Å²) in [4.78, 5) is 42.3. The third kappa shape index (κ3) is 9.31. The minimum absolute atomic E-state index is 0. The average Bonchev–Trinajstić information content (AvgIpc) is 2.55. The Hall–Kier alpha value is -1.24.